The molecule has 0 spiro atoms. The molecular weight excluding hydrogens is 398 g/mol. The first-order valence-electron chi connectivity index (χ1n) is 10.7. The minimum absolute atomic E-state index is 0.197. The molecule has 0 saturated carbocycles. The van der Waals surface area contributed by atoms with Crippen LogP contribution in [0.2, 0.25) is 0 Å². The second kappa shape index (κ2) is 8.79. The van der Waals surface area contributed by atoms with Gasteiger partial charge < -0.3 is 4.74 Å². The molecule has 0 amide bonds. The normalized spacial score (nSPS) is 11.6. The number of methoxy groups -OCH3 is 1. The van der Waals surface area contributed by atoms with E-state index < -0.39 is 0 Å². The molecule has 0 radical (unpaired) electrons. The van der Waals surface area contributed by atoms with E-state index in [0.717, 1.165) is 33.6 Å². The monoisotopic (exact) mass is 425 g/mol. The van der Waals surface area contributed by atoms with Crippen molar-refractivity contribution in [1.29, 1.82) is 0 Å². The number of benzene rings is 3. The van der Waals surface area contributed by atoms with Crippen molar-refractivity contribution in [2.75, 3.05) is 7.11 Å². The summed E-state index contributed by atoms with van der Waals surface area (Å²) in [4.78, 5) is 18.3. The van der Waals surface area contributed by atoms with Crippen molar-refractivity contribution in [3.05, 3.63) is 93.3 Å². The second-order valence-electron chi connectivity index (χ2n) is 8.23. The van der Waals surface area contributed by atoms with Gasteiger partial charge in [-0.25, -0.2) is 4.98 Å². The molecule has 0 fully saturated rings. The standard InChI is InChI=1S/C27H27N3O2/c1-17(2)22-15-23(19(4)14-25(22)32-5)26-29-24-13-9-8-12-21(24)27(31)30(26)28-16-20-11-7-6-10-18(20)3/h6-17H,1-5H3. The molecule has 5 nitrogen and oxygen atoms in total. The Kier molecular flexibility index (Phi) is 5.91. The van der Waals surface area contributed by atoms with Gasteiger partial charge in [-0.3, -0.25) is 4.79 Å². The molecule has 1 aromatic heterocycles. The van der Waals surface area contributed by atoms with E-state index in [9.17, 15) is 4.79 Å². The van der Waals surface area contributed by atoms with Crippen LogP contribution in [0.3, 0.4) is 0 Å². The quantitative estimate of drug-likeness (QED) is 0.386. The van der Waals surface area contributed by atoms with Crippen LogP contribution in [0.15, 0.2) is 70.6 Å². The van der Waals surface area contributed by atoms with Gasteiger partial charge in [0.15, 0.2) is 5.82 Å². The molecule has 32 heavy (non-hydrogen) atoms. The van der Waals surface area contributed by atoms with Crippen LogP contribution in [-0.4, -0.2) is 23.0 Å². The van der Waals surface area contributed by atoms with Crippen molar-refractivity contribution >= 4 is 17.1 Å². The Morgan fingerprint density at radius 1 is 1.00 bits per heavy atom. The molecule has 0 aliphatic heterocycles. The summed E-state index contributed by atoms with van der Waals surface area (Å²) in [5, 5.41) is 5.14. The smallest absolute Gasteiger partial charge is 0.282 e. The minimum atomic E-state index is -0.197. The maximum Gasteiger partial charge on any atom is 0.282 e. The summed E-state index contributed by atoms with van der Waals surface area (Å²) in [5.41, 5.74) is 5.38. The Bertz CT molecular complexity index is 1380. The average Bonchev–Trinajstić information content (AvgIpc) is 2.79. The predicted octanol–water partition coefficient (Wildman–Crippen LogP) is 5.69. The number of rotatable bonds is 5. The van der Waals surface area contributed by atoms with Crippen LogP contribution in [0.1, 0.15) is 42.0 Å². The molecule has 0 aliphatic rings. The predicted molar refractivity (Wildman–Crippen MR) is 131 cm³/mol. The van der Waals surface area contributed by atoms with E-state index >= 15 is 0 Å². The summed E-state index contributed by atoms with van der Waals surface area (Å²) >= 11 is 0. The minimum Gasteiger partial charge on any atom is -0.496 e. The number of fused-ring (bicyclic) bond motifs is 1. The molecule has 162 valence electrons. The van der Waals surface area contributed by atoms with E-state index in [-0.39, 0.29) is 11.5 Å². The number of hydrogen-bond donors (Lipinski definition) is 0. The molecule has 1 heterocycles. The highest BCUT2D eigenvalue weighted by molar-refractivity contribution is 5.83. The first-order chi connectivity index (χ1) is 15.4. The van der Waals surface area contributed by atoms with E-state index in [2.05, 4.69) is 25.0 Å². The summed E-state index contributed by atoms with van der Waals surface area (Å²) in [6.07, 6.45) is 1.72. The van der Waals surface area contributed by atoms with Gasteiger partial charge in [-0.1, -0.05) is 50.2 Å². The molecular formula is C27H27N3O2. The Morgan fingerprint density at radius 3 is 2.44 bits per heavy atom. The lowest BCUT2D eigenvalue weighted by Crippen LogP contribution is -2.21. The fourth-order valence-electron chi connectivity index (χ4n) is 3.82. The van der Waals surface area contributed by atoms with E-state index in [4.69, 9.17) is 9.72 Å². The van der Waals surface area contributed by atoms with E-state index in [1.807, 2.05) is 62.4 Å². The highest BCUT2D eigenvalue weighted by Crippen LogP contribution is 2.34. The van der Waals surface area contributed by atoms with Crippen LogP contribution in [-0.2, 0) is 0 Å². The highest BCUT2D eigenvalue weighted by Gasteiger charge is 2.18. The van der Waals surface area contributed by atoms with Gasteiger partial charge >= 0.3 is 0 Å². The van der Waals surface area contributed by atoms with Crippen LogP contribution in [0.5, 0.6) is 5.75 Å². The number of aryl methyl sites for hydroxylation is 2. The molecule has 5 heteroatoms. The number of para-hydroxylation sites is 1. The molecule has 4 aromatic rings. The van der Waals surface area contributed by atoms with Gasteiger partial charge in [0.05, 0.1) is 24.2 Å². The zero-order valence-electron chi connectivity index (χ0n) is 19.1. The van der Waals surface area contributed by atoms with E-state index in [0.29, 0.717) is 16.7 Å². The summed E-state index contributed by atoms with van der Waals surface area (Å²) in [5.74, 6) is 1.60. The van der Waals surface area contributed by atoms with Crippen LogP contribution in [0.25, 0.3) is 22.3 Å². The van der Waals surface area contributed by atoms with Crippen LogP contribution in [0, 0.1) is 13.8 Å². The Morgan fingerprint density at radius 2 is 1.72 bits per heavy atom. The highest BCUT2D eigenvalue weighted by atomic mass is 16.5. The SMILES string of the molecule is COc1cc(C)c(-c2nc3ccccc3c(=O)n2N=Cc2ccccc2C)cc1C(C)C. The summed E-state index contributed by atoms with van der Waals surface area (Å²) in [6.45, 7) is 8.26. The lowest BCUT2D eigenvalue weighted by atomic mass is 9.96. The molecule has 3 aromatic carbocycles. The topological polar surface area (TPSA) is 56.5 Å². The molecule has 0 bridgehead atoms. The number of aromatic nitrogens is 2. The largest absolute Gasteiger partial charge is 0.496 e. The van der Waals surface area contributed by atoms with Gasteiger partial charge in [0.2, 0.25) is 0 Å². The van der Waals surface area contributed by atoms with Gasteiger partial charge in [-0.15, -0.1) is 0 Å². The second-order valence-corrected chi connectivity index (χ2v) is 8.23. The Labute approximate surface area is 188 Å². The van der Waals surface area contributed by atoms with Crippen molar-refractivity contribution < 1.29 is 4.74 Å². The van der Waals surface area contributed by atoms with E-state index in [1.165, 1.54) is 4.68 Å². The molecule has 0 N–H and O–H groups in total. The van der Waals surface area contributed by atoms with Crippen molar-refractivity contribution in [3.8, 4) is 17.1 Å². The van der Waals surface area contributed by atoms with Crippen molar-refractivity contribution in [2.24, 2.45) is 5.10 Å². The maximum atomic E-state index is 13.5. The third-order valence-corrected chi connectivity index (χ3v) is 5.69. The number of hydrogen-bond acceptors (Lipinski definition) is 4. The zero-order valence-corrected chi connectivity index (χ0v) is 19.1. The lowest BCUT2D eigenvalue weighted by Gasteiger charge is -2.17. The number of ether oxygens (including phenoxy) is 1. The van der Waals surface area contributed by atoms with Crippen LogP contribution >= 0.6 is 0 Å². The average molecular weight is 426 g/mol. The van der Waals surface area contributed by atoms with Crippen LogP contribution < -0.4 is 10.3 Å². The Hall–Kier alpha value is -3.73. The van der Waals surface area contributed by atoms with E-state index in [1.54, 1.807) is 19.4 Å². The third kappa shape index (κ3) is 3.94. The van der Waals surface area contributed by atoms with Gasteiger partial charge in [-0.05, 0) is 66.3 Å². The van der Waals surface area contributed by atoms with Crippen molar-refractivity contribution in [1.82, 2.24) is 9.66 Å². The van der Waals surface area contributed by atoms with Gasteiger partial charge in [0, 0.05) is 5.56 Å². The van der Waals surface area contributed by atoms with Crippen molar-refractivity contribution in [2.45, 2.75) is 33.6 Å². The molecule has 0 saturated heterocycles. The summed E-state index contributed by atoms with van der Waals surface area (Å²) < 4.78 is 7.01. The summed E-state index contributed by atoms with van der Waals surface area (Å²) in [7, 11) is 1.68. The third-order valence-electron chi connectivity index (χ3n) is 5.69. The molecule has 0 unspecified atom stereocenters. The number of nitrogens with zero attached hydrogens (tertiary/aromatic N) is 3. The summed E-state index contributed by atoms with van der Waals surface area (Å²) in [6, 6.07) is 19.4. The molecule has 0 atom stereocenters. The molecule has 0 aliphatic carbocycles. The van der Waals surface area contributed by atoms with Crippen molar-refractivity contribution in [3.63, 3.8) is 0 Å². The fraction of sp³-hybridized carbons (Fsp3) is 0.222. The van der Waals surface area contributed by atoms with Gasteiger partial charge in [0.25, 0.3) is 5.56 Å². The van der Waals surface area contributed by atoms with Gasteiger partial charge in [0.1, 0.15) is 5.75 Å². The Balaban J connectivity index is 2.01. The maximum absolute atomic E-state index is 13.5. The first kappa shape index (κ1) is 21.5. The lowest BCUT2D eigenvalue weighted by molar-refractivity contribution is 0.407. The fourth-order valence-corrected chi connectivity index (χ4v) is 3.82. The van der Waals surface area contributed by atoms with Gasteiger partial charge in [-0.2, -0.15) is 9.78 Å². The van der Waals surface area contributed by atoms with Crippen LogP contribution in [0.4, 0.5) is 0 Å². The molecule has 4 rings (SSSR count). The first-order valence-corrected chi connectivity index (χ1v) is 10.7. The zero-order chi connectivity index (χ0) is 22.8.